The molecule has 3 amide bonds. The van der Waals surface area contributed by atoms with Gasteiger partial charge >= 0.3 is 0 Å². The maximum absolute atomic E-state index is 12.9. The predicted octanol–water partition coefficient (Wildman–Crippen LogP) is 3.45. The third-order valence-electron chi connectivity index (χ3n) is 3.99. The van der Waals surface area contributed by atoms with Crippen molar-refractivity contribution in [2.24, 2.45) is 0 Å². The monoisotopic (exact) mass is 400 g/mol. The maximum atomic E-state index is 12.9. The summed E-state index contributed by atoms with van der Waals surface area (Å²) < 4.78 is 0. The van der Waals surface area contributed by atoms with E-state index in [0.717, 1.165) is 0 Å². The Labute approximate surface area is 173 Å². The zero-order valence-corrected chi connectivity index (χ0v) is 16.3. The maximum Gasteiger partial charge on any atom is 0.272 e. The van der Waals surface area contributed by atoms with E-state index in [1.165, 1.54) is 6.92 Å². The van der Waals surface area contributed by atoms with Crippen LogP contribution in [0.15, 0.2) is 84.8 Å². The van der Waals surface area contributed by atoms with Gasteiger partial charge in [0.05, 0.1) is 0 Å². The van der Waals surface area contributed by atoms with Crippen molar-refractivity contribution in [3.8, 4) is 0 Å². The van der Waals surface area contributed by atoms with Gasteiger partial charge in [0, 0.05) is 36.3 Å². The molecule has 0 fully saturated rings. The Balaban J connectivity index is 1.80. The number of aromatic nitrogens is 1. The van der Waals surface area contributed by atoms with Crippen molar-refractivity contribution >= 4 is 35.2 Å². The smallest absolute Gasteiger partial charge is 0.272 e. The molecule has 3 N–H and O–H groups in total. The van der Waals surface area contributed by atoms with Crippen molar-refractivity contribution in [2.45, 2.75) is 6.92 Å². The summed E-state index contributed by atoms with van der Waals surface area (Å²) in [5.74, 6) is -1.07. The van der Waals surface area contributed by atoms with Gasteiger partial charge in [-0.1, -0.05) is 24.3 Å². The number of nitrogens with zero attached hydrogens (tertiary/aromatic N) is 1. The first-order chi connectivity index (χ1) is 14.5. The van der Waals surface area contributed by atoms with Gasteiger partial charge in [-0.3, -0.25) is 19.4 Å². The highest BCUT2D eigenvalue weighted by molar-refractivity contribution is 6.10. The van der Waals surface area contributed by atoms with Crippen LogP contribution in [0.4, 0.5) is 11.4 Å². The molecule has 0 aliphatic carbocycles. The molecular formula is C23H20N4O3. The van der Waals surface area contributed by atoms with Gasteiger partial charge in [-0.25, -0.2) is 0 Å². The fraction of sp³-hybridized carbons (Fsp3) is 0.0435. The summed E-state index contributed by atoms with van der Waals surface area (Å²) in [5.41, 5.74) is 2.30. The van der Waals surface area contributed by atoms with Crippen LogP contribution in [-0.4, -0.2) is 22.7 Å². The number of pyridine rings is 1. The lowest BCUT2D eigenvalue weighted by molar-refractivity contribution is -0.114. The molecule has 0 spiro atoms. The van der Waals surface area contributed by atoms with Crippen molar-refractivity contribution in [3.05, 3.63) is 95.9 Å². The third kappa shape index (κ3) is 5.87. The first kappa shape index (κ1) is 20.5. The van der Waals surface area contributed by atoms with Crippen molar-refractivity contribution in [3.63, 3.8) is 0 Å². The first-order valence-corrected chi connectivity index (χ1v) is 9.18. The minimum atomic E-state index is -0.490. The van der Waals surface area contributed by atoms with E-state index in [0.29, 0.717) is 22.5 Å². The lowest BCUT2D eigenvalue weighted by atomic mass is 10.2. The fourth-order valence-electron chi connectivity index (χ4n) is 2.61. The number of rotatable bonds is 6. The summed E-state index contributed by atoms with van der Waals surface area (Å²) in [6, 6.07) is 18.8. The number of amides is 3. The van der Waals surface area contributed by atoms with Gasteiger partial charge in [0.2, 0.25) is 5.91 Å². The summed E-state index contributed by atoms with van der Waals surface area (Å²) in [7, 11) is 0. The Bertz CT molecular complexity index is 1060. The number of hydrogen-bond acceptors (Lipinski definition) is 4. The van der Waals surface area contributed by atoms with Crippen LogP contribution in [0.1, 0.15) is 22.8 Å². The average molecular weight is 400 g/mol. The highest BCUT2D eigenvalue weighted by Gasteiger charge is 2.15. The highest BCUT2D eigenvalue weighted by Crippen LogP contribution is 2.15. The number of anilines is 2. The molecular weight excluding hydrogens is 380 g/mol. The fourth-order valence-corrected chi connectivity index (χ4v) is 2.61. The second-order valence-corrected chi connectivity index (χ2v) is 6.38. The molecule has 0 unspecified atom stereocenters. The van der Waals surface area contributed by atoms with E-state index in [-0.39, 0.29) is 11.6 Å². The number of benzene rings is 2. The number of hydrogen-bond donors (Lipinski definition) is 3. The van der Waals surface area contributed by atoms with Gasteiger partial charge in [-0.15, -0.1) is 0 Å². The minimum absolute atomic E-state index is 0.0720. The number of carbonyl (C=O) groups excluding carboxylic acids is 3. The summed E-state index contributed by atoms with van der Waals surface area (Å²) in [6.07, 6.45) is 4.76. The molecule has 0 saturated carbocycles. The molecule has 2 aromatic carbocycles. The van der Waals surface area contributed by atoms with Crippen LogP contribution in [-0.2, 0) is 9.59 Å². The number of nitrogens with one attached hydrogen (secondary N) is 3. The topological polar surface area (TPSA) is 100 Å². The second kappa shape index (κ2) is 9.79. The van der Waals surface area contributed by atoms with Gasteiger partial charge in [0.25, 0.3) is 11.8 Å². The zero-order valence-electron chi connectivity index (χ0n) is 16.3. The minimum Gasteiger partial charge on any atom is -0.326 e. The molecule has 3 aromatic rings. The van der Waals surface area contributed by atoms with Crippen LogP contribution in [0, 0.1) is 0 Å². The van der Waals surface area contributed by atoms with E-state index in [9.17, 15) is 14.4 Å². The largest absolute Gasteiger partial charge is 0.326 e. The Kier molecular flexibility index (Phi) is 6.68. The van der Waals surface area contributed by atoms with Crippen molar-refractivity contribution in [1.29, 1.82) is 0 Å². The Morgan fingerprint density at radius 1 is 0.833 bits per heavy atom. The third-order valence-corrected chi connectivity index (χ3v) is 3.99. The molecule has 0 atom stereocenters. The zero-order chi connectivity index (χ0) is 21.3. The van der Waals surface area contributed by atoms with Crippen molar-refractivity contribution in [2.75, 3.05) is 10.6 Å². The molecule has 7 heteroatoms. The quantitative estimate of drug-likeness (QED) is 0.552. The van der Waals surface area contributed by atoms with Crippen LogP contribution < -0.4 is 16.0 Å². The van der Waals surface area contributed by atoms with Crippen molar-refractivity contribution in [1.82, 2.24) is 10.3 Å². The van der Waals surface area contributed by atoms with E-state index in [2.05, 4.69) is 20.9 Å². The van der Waals surface area contributed by atoms with Crippen LogP contribution in [0.5, 0.6) is 0 Å². The van der Waals surface area contributed by atoms with E-state index >= 15 is 0 Å². The average Bonchev–Trinajstić information content (AvgIpc) is 2.75. The highest BCUT2D eigenvalue weighted by atomic mass is 16.2. The number of carbonyl (C=O) groups is 3. The summed E-state index contributed by atoms with van der Waals surface area (Å²) >= 11 is 0. The Morgan fingerprint density at radius 2 is 1.50 bits per heavy atom. The van der Waals surface area contributed by atoms with E-state index in [1.54, 1.807) is 85.2 Å². The van der Waals surface area contributed by atoms with E-state index in [4.69, 9.17) is 0 Å². The molecule has 1 aromatic heterocycles. The van der Waals surface area contributed by atoms with Crippen LogP contribution >= 0.6 is 0 Å². The normalized spacial score (nSPS) is 10.8. The predicted molar refractivity (Wildman–Crippen MR) is 115 cm³/mol. The van der Waals surface area contributed by atoms with E-state index in [1.807, 2.05) is 0 Å². The summed E-state index contributed by atoms with van der Waals surface area (Å²) in [6.45, 7) is 1.42. The Hall–Kier alpha value is -4.26. The lowest BCUT2D eigenvalue weighted by Gasteiger charge is -2.12. The molecule has 0 aliphatic heterocycles. The molecule has 0 radical (unpaired) electrons. The first-order valence-electron chi connectivity index (χ1n) is 9.18. The van der Waals surface area contributed by atoms with Crippen LogP contribution in [0.3, 0.4) is 0 Å². The summed E-state index contributed by atoms with van der Waals surface area (Å²) in [4.78, 5) is 40.6. The molecule has 3 rings (SSSR count). The van der Waals surface area contributed by atoms with Crippen LogP contribution in [0.2, 0.25) is 0 Å². The summed E-state index contributed by atoms with van der Waals surface area (Å²) in [5, 5.41) is 8.07. The molecule has 1 heterocycles. The molecule has 30 heavy (non-hydrogen) atoms. The standard InChI is InChI=1S/C23H20N4O3/c1-16(28)25-19-9-11-20(12-10-19)26-23(30)21(14-17-6-5-13-24-15-17)27-22(29)18-7-3-2-4-8-18/h2-15H,1H3,(H,25,28)(H,26,30)(H,27,29)/b21-14+. The van der Waals surface area contributed by atoms with Gasteiger partial charge in [-0.2, -0.15) is 0 Å². The second-order valence-electron chi connectivity index (χ2n) is 6.38. The molecule has 0 aliphatic rings. The Morgan fingerprint density at radius 3 is 2.10 bits per heavy atom. The van der Waals surface area contributed by atoms with Gasteiger partial charge in [0.1, 0.15) is 5.70 Å². The molecule has 7 nitrogen and oxygen atoms in total. The molecule has 0 bridgehead atoms. The van der Waals surface area contributed by atoms with Crippen LogP contribution in [0.25, 0.3) is 6.08 Å². The van der Waals surface area contributed by atoms with Gasteiger partial charge in [0.15, 0.2) is 0 Å². The van der Waals surface area contributed by atoms with E-state index < -0.39 is 11.8 Å². The van der Waals surface area contributed by atoms with Crippen molar-refractivity contribution < 1.29 is 14.4 Å². The molecule has 0 saturated heterocycles. The van der Waals surface area contributed by atoms with Gasteiger partial charge in [-0.05, 0) is 54.1 Å². The van der Waals surface area contributed by atoms with Gasteiger partial charge < -0.3 is 16.0 Å². The molecule has 150 valence electrons. The SMILES string of the molecule is CC(=O)Nc1ccc(NC(=O)/C(=C\c2cccnc2)NC(=O)c2ccccc2)cc1. The lowest BCUT2D eigenvalue weighted by Crippen LogP contribution is -2.30.